The van der Waals surface area contributed by atoms with Crippen molar-refractivity contribution in [1.29, 1.82) is 0 Å². The zero-order chi connectivity index (χ0) is 13.7. The number of thiophene rings is 1. The second kappa shape index (κ2) is 7.12. The van der Waals surface area contributed by atoms with Gasteiger partial charge in [0.05, 0.1) is 10.6 Å². The third kappa shape index (κ3) is 3.84. The van der Waals surface area contributed by atoms with E-state index in [1.54, 1.807) is 11.3 Å². The van der Waals surface area contributed by atoms with Crippen molar-refractivity contribution in [3.05, 3.63) is 33.0 Å². The van der Waals surface area contributed by atoms with Gasteiger partial charge in [0.2, 0.25) is 0 Å². The minimum absolute atomic E-state index is 0.340. The summed E-state index contributed by atoms with van der Waals surface area (Å²) in [6.07, 6.45) is 2.16. The summed E-state index contributed by atoms with van der Waals surface area (Å²) in [5.41, 5.74) is 2.54. The van der Waals surface area contributed by atoms with Gasteiger partial charge < -0.3 is 5.32 Å². The molecule has 0 saturated carbocycles. The van der Waals surface area contributed by atoms with Crippen LogP contribution in [0.15, 0.2) is 16.8 Å². The molecule has 2 rings (SSSR count). The average molecular weight is 295 g/mol. The Morgan fingerprint density at radius 1 is 1.37 bits per heavy atom. The van der Waals surface area contributed by atoms with Gasteiger partial charge in [-0.3, -0.25) is 0 Å². The summed E-state index contributed by atoms with van der Waals surface area (Å²) in [7, 11) is 0. The second-order valence-corrected chi connectivity index (χ2v) is 6.59. The van der Waals surface area contributed by atoms with Crippen LogP contribution in [0.1, 0.15) is 55.3 Å². The summed E-state index contributed by atoms with van der Waals surface area (Å²) < 4.78 is 4.16. The molecule has 0 aliphatic rings. The lowest BCUT2D eigenvalue weighted by molar-refractivity contribution is 0.530. The quantitative estimate of drug-likeness (QED) is 0.839. The maximum atomic E-state index is 4.31. The van der Waals surface area contributed by atoms with Crippen molar-refractivity contribution < 1.29 is 0 Å². The molecule has 0 saturated heterocycles. The van der Waals surface area contributed by atoms with Gasteiger partial charge in [0, 0.05) is 6.04 Å². The SMILES string of the molecule is CCCNC(Cc1ccsc1)c1snnc1C(C)C. The molecule has 104 valence electrons. The van der Waals surface area contributed by atoms with Gasteiger partial charge in [0.15, 0.2) is 0 Å². The van der Waals surface area contributed by atoms with Crippen molar-refractivity contribution in [1.82, 2.24) is 14.9 Å². The van der Waals surface area contributed by atoms with Crippen molar-refractivity contribution >= 4 is 22.9 Å². The highest BCUT2D eigenvalue weighted by atomic mass is 32.1. The van der Waals surface area contributed by atoms with E-state index >= 15 is 0 Å². The number of rotatable bonds is 7. The Morgan fingerprint density at radius 3 is 2.84 bits per heavy atom. The number of nitrogens with one attached hydrogen (secondary N) is 1. The highest BCUT2D eigenvalue weighted by Gasteiger charge is 2.21. The normalized spacial score (nSPS) is 13.1. The summed E-state index contributed by atoms with van der Waals surface area (Å²) in [5.74, 6) is 0.433. The molecule has 1 atom stereocenters. The maximum absolute atomic E-state index is 4.31. The van der Waals surface area contributed by atoms with Gasteiger partial charge in [-0.05, 0) is 59.2 Å². The molecule has 0 fully saturated rings. The second-order valence-electron chi connectivity index (χ2n) is 5.02. The molecule has 0 spiro atoms. The molecule has 0 aliphatic carbocycles. The van der Waals surface area contributed by atoms with Gasteiger partial charge in [0.1, 0.15) is 0 Å². The van der Waals surface area contributed by atoms with Crippen LogP contribution in [0.25, 0.3) is 0 Å². The number of aromatic nitrogens is 2. The van der Waals surface area contributed by atoms with Gasteiger partial charge >= 0.3 is 0 Å². The van der Waals surface area contributed by atoms with Crippen LogP contribution in [0.5, 0.6) is 0 Å². The van der Waals surface area contributed by atoms with Gasteiger partial charge in [0.25, 0.3) is 0 Å². The van der Waals surface area contributed by atoms with Gasteiger partial charge in [-0.25, -0.2) is 0 Å². The Bertz CT molecular complexity index is 477. The molecule has 0 aromatic carbocycles. The first-order valence-electron chi connectivity index (χ1n) is 6.79. The Hall–Kier alpha value is -0.780. The van der Waals surface area contributed by atoms with E-state index in [9.17, 15) is 0 Å². The summed E-state index contributed by atoms with van der Waals surface area (Å²) in [6, 6.07) is 2.54. The first kappa shape index (κ1) is 14.6. The lowest BCUT2D eigenvalue weighted by Gasteiger charge is -2.18. The fourth-order valence-electron chi connectivity index (χ4n) is 2.07. The van der Waals surface area contributed by atoms with Gasteiger partial charge in [-0.2, -0.15) is 11.3 Å². The largest absolute Gasteiger partial charge is 0.309 e. The fraction of sp³-hybridized carbons (Fsp3) is 0.571. The summed E-state index contributed by atoms with van der Waals surface area (Å²) in [4.78, 5) is 1.30. The van der Waals surface area contributed by atoms with Crippen molar-refractivity contribution in [2.75, 3.05) is 6.54 Å². The maximum Gasteiger partial charge on any atom is 0.0829 e. The van der Waals surface area contributed by atoms with E-state index in [1.807, 2.05) is 0 Å². The molecule has 0 amide bonds. The third-order valence-electron chi connectivity index (χ3n) is 3.06. The minimum Gasteiger partial charge on any atom is -0.309 e. The highest BCUT2D eigenvalue weighted by Crippen LogP contribution is 2.29. The minimum atomic E-state index is 0.340. The van der Waals surface area contributed by atoms with Crippen molar-refractivity contribution in [2.45, 2.75) is 45.6 Å². The van der Waals surface area contributed by atoms with Crippen LogP contribution in [-0.2, 0) is 6.42 Å². The molecule has 5 heteroatoms. The van der Waals surface area contributed by atoms with Crippen LogP contribution in [0.3, 0.4) is 0 Å². The Morgan fingerprint density at radius 2 is 2.21 bits per heavy atom. The lowest BCUT2D eigenvalue weighted by atomic mass is 10.0. The van der Waals surface area contributed by atoms with Gasteiger partial charge in [-0.15, -0.1) is 5.10 Å². The molecule has 19 heavy (non-hydrogen) atoms. The van der Waals surface area contributed by atoms with Crippen molar-refractivity contribution in [2.24, 2.45) is 0 Å². The lowest BCUT2D eigenvalue weighted by Crippen LogP contribution is -2.24. The number of hydrogen-bond donors (Lipinski definition) is 1. The molecule has 2 heterocycles. The first-order valence-corrected chi connectivity index (χ1v) is 8.50. The molecular formula is C14H21N3S2. The van der Waals surface area contributed by atoms with E-state index in [0.717, 1.165) is 25.1 Å². The zero-order valence-corrected chi connectivity index (χ0v) is 13.4. The zero-order valence-electron chi connectivity index (χ0n) is 11.7. The molecule has 0 radical (unpaired) electrons. The predicted octanol–water partition coefficient (Wildman–Crippen LogP) is 4.01. The summed E-state index contributed by atoms with van der Waals surface area (Å²) >= 11 is 3.30. The van der Waals surface area contributed by atoms with E-state index in [1.165, 1.54) is 22.0 Å². The Kier molecular flexibility index (Phi) is 5.48. The van der Waals surface area contributed by atoms with Crippen LogP contribution < -0.4 is 5.32 Å². The standard InChI is InChI=1S/C14H21N3S2/c1-4-6-15-12(8-11-5-7-18-9-11)14-13(10(2)3)16-17-19-14/h5,7,9-10,12,15H,4,6,8H2,1-3H3. The van der Waals surface area contributed by atoms with Crippen LogP contribution in [-0.4, -0.2) is 16.1 Å². The van der Waals surface area contributed by atoms with E-state index in [2.05, 4.69) is 52.5 Å². The molecule has 0 bridgehead atoms. The fourth-order valence-corrected chi connectivity index (χ4v) is 3.63. The van der Waals surface area contributed by atoms with Crippen LogP contribution in [0.4, 0.5) is 0 Å². The molecule has 2 aromatic heterocycles. The van der Waals surface area contributed by atoms with Crippen LogP contribution in [0.2, 0.25) is 0 Å². The highest BCUT2D eigenvalue weighted by molar-refractivity contribution is 7.08. The molecule has 2 aromatic rings. The molecule has 3 nitrogen and oxygen atoms in total. The predicted molar refractivity (Wildman–Crippen MR) is 83.1 cm³/mol. The third-order valence-corrected chi connectivity index (χ3v) is 4.65. The van der Waals surface area contributed by atoms with E-state index in [4.69, 9.17) is 0 Å². The van der Waals surface area contributed by atoms with Gasteiger partial charge in [-0.1, -0.05) is 25.3 Å². The molecular weight excluding hydrogens is 274 g/mol. The van der Waals surface area contributed by atoms with E-state index in [0.29, 0.717) is 12.0 Å². The number of hydrogen-bond acceptors (Lipinski definition) is 5. The van der Waals surface area contributed by atoms with Crippen molar-refractivity contribution in [3.63, 3.8) is 0 Å². The van der Waals surface area contributed by atoms with E-state index < -0.39 is 0 Å². The molecule has 1 unspecified atom stereocenters. The topological polar surface area (TPSA) is 37.8 Å². The van der Waals surface area contributed by atoms with Crippen LogP contribution >= 0.6 is 22.9 Å². The van der Waals surface area contributed by atoms with Crippen molar-refractivity contribution in [3.8, 4) is 0 Å². The monoisotopic (exact) mass is 295 g/mol. The molecule has 0 aliphatic heterocycles. The molecule has 1 N–H and O–H groups in total. The Labute approximate surface area is 123 Å². The summed E-state index contributed by atoms with van der Waals surface area (Å²) in [5, 5.41) is 12.3. The Balaban J connectivity index is 2.18. The number of nitrogens with zero attached hydrogens (tertiary/aromatic N) is 2. The smallest absolute Gasteiger partial charge is 0.0829 e. The van der Waals surface area contributed by atoms with E-state index in [-0.39, 0.29) is 0 Å². The average Bonchev–Trinajstić information content (AvgIpc) is 3.04. The van der Waals surface area contributed by atoms with Crippen LogP contribution in [0, 0.1) is 0 Å². The first-order chi connectivity index (χ1) is 9.22. The summed E-state index contributed by atoms with van der Waals surface area (Å²) in [6.45, 7) is 7.59.